The molecule has 0 amide bonds. The molecule has 0 aromatic rings. The number of nitrogens with zero attached hydrogens (tertiary/aromatic N) is 1. The van der Waals surface area contributed by atoms with Crippen LogP contribution in [0.15, 0.2) is 122 Å². The van der Waals surface area contributed by atoms with E-state index < -0.39 is 24.3 Å². The van der Waals surface area contributed by atoms with Crippen molar-refractivity contribution in [2.45, 2.75) is 245 Å². The van der Waals surface area contributed by atoms with Crippen molar-refractivity contribution < 1.29 is 42.9 Å². The molecule has 0 saturated carbocycles. The molecule has 0 spiro atoms. The number of rotatable bonds is 55. The number of ether oxygens (including phenoxy) is 4. The van der Waals surface area contributed by atoms with Crippen molar-refractivity contribution in [1.82, 2.24) is 0 Å². The summed E-state index contributed by atoms with van der Waals surface area (Å²) in [4.78, 5) is 37.4. The van der Waals surface area contributed by atoms with Crippen LogP contribution in [-0.4, -0.2) is 82.3 Å². The maximum Gasteiger partial charge on any atom is 0.306 e. The van der Waals surface area contributed by atoms with Gasteiger partial charge >= 0.3 is 11.9 Å². The molecule has 0 bridgehead atoms. The van der Waals surface area contributed by atoms with Gasteiger partial charge in [-0.2, -0.15) is 0 Å². The normalized spacial score (nSPS) is 13.6. The number of carbonyl (C=O) groups is 3. The van der Waals surface area contributed by atoms with E-state index in [9.17, 15) is 19.5 Å². The van der Waals surface area contributed by atoms with Gasteiger partial charge in [0, 0.05) is 12.8 Å². The lowest BCUT2D eigenvalue weighted by Gasteiger charge is -2.26. The number of esters is 2. The molecule has 0 N–H and O–H groups in total. The van der Waals surface area contributed by atoms with Gasteiger partial charge in [-0.05, 0) is 109 Å². The second kappa shape index (κ2) is 57.9. The minimum absolute atomic E-state index is 0.137. The Morgan fingerprint density at radius 2 is 0.740 bits per heavy atom. The lowest BCUT2D eigenvalue weighted by molar-refractivity contribution is -0.870. The molecule has 0 aromatic carbocycles. The van der Waals surface area contributed by atoms with Crippen LogP contribution in [0.5, 0.6) is 0 Å². The summed E-state index contributed by atoms with van der Waals surface area (Å²) in [6.07, 6.45) is 78.1. The number of hydrogen-bond acceptors (Lipinski definition) is 8. The number of hydrogen-bond donors (Lipinski definition) is 0. The fourth-order valence-electron chi connectivity index (χ4n) is 7.99. The van der Waals surface area contributed by atoms with Crippen molar-refractivity contribution >= 4 is 17.9 Å². The van der Waals surface area contributed by atoms with Gasteiger partial charge in [-0.15, -0.1) is 0 Å². The first kappa shape index (κ1) is 72.7. The van der Waals surface area contributed by atoms with Gasteiger partial charge in [0.2, 0.25) is 0 Å². The summed E-state index contributed by atoms with van der Waals surface area (Å²) >= 11 is 0. The molecule has 0 fully saturated rings. The van der Waals surface area contributed by atoms with Crippen LogP contribution >= 0.6 is 0 Å². The first-order valence-electron chi connectivity index (χ1n) is 30.7. The number of aliphatic carboxylic acids is 1. The molecule has 438 valence electrons. The highest BCUT2D eigenvalue weighted by Crippen LogP contribution is 2.14. The molecular weight excluding hydrogens is 959 g/mol. The van der Waals surface area contributed by atoms with E-state index in [4.69, 9.17) is 18.9 Å². The fourth-order valence-corrected chi connectivity index (χ4v) is 7.99. The van der Waals surface area contributed by atoms with E-state index in [0.29, 0.717) is 17.4 Å². The Morgan fingerprint density at radius 3 is 1.10 bits per heavy atom. The van der Waals surface area contributed by atoms with Crippen molar-refractivity contribution in [3.63, 3.8) is 0 Å². The Bertz CT molecular complexity index is 1670. The zero-order valence-electron chi connectivity index (χ0n) is 49.8. The van der Waals surface area contributed by atoms with Crippen molar-refractivity contribution in [2.75, 3.05) is 47.5 Å². The molecule has 0 aliphatic rings. The second-order valence-corrected chi connectivity index (χ2v) is 21.3. The smallest absolute Gasteiger partial charge is 0.306 e. The summed E-state index contributed by atoms with van der Waals surface area (Å²) in [7, 11) is 5.91. The van der Waals surface area contributed by atoms with Crippen LogP contribution in [0.3, 0.4) is 0 Å². The predicted molar refractivity (Wildman–Crippen MR) is 324 cm³/mol. The van der Waals surface area contributed by atoms with Crippen molar-refractivity contribution in [2.24, 2.45) is 0 Å². The molecular formula is C68H113NO8. The van der Waals surface area contributed by atoms with Gasteiger partial charge < -0.3 is 33.3 Å². The summed E-state index contributed by atoms with van der Waals surface area (Å²) < 4.78 is 22.7. The Labute approximate surface area is 472 Å². The quantitative estimate of drug-likeness (QED) is 0.0195. The van der Waals surface area contributed by atoms with E-state index in [1.54, 1.807) is 0 Å². The molecule has 0 rings (SSSR count). The van der Waals surface area contributed by atoms with Crippen LogP contribution < -0.4 is 5.11 Å². The molecule has 9 heteroatoms. The maximum absolute atomic E-state index is 12.9. The van der Waals surface area contributed by atoms with Crippen LogP contribution in [0.2, 0.25) is 0 Å². The zero-order chi connectivity index (χ0) is 56.2. The van der Waals surface area contributed by atoms with Gasteiger partial charge in [0.25, 0.3) is 0 Å². The molecule has 2 atom stereocenters. The van der Waals surface area contributed by atoms with Gasteiger partial charge in [0.15, 0.2) is 12.4 Å². The molecule has 9 nitrogen and oxygen atoms in total. The number of unbranched alkanes of at least 4 members (excludes halogenated alkanes) is 20. The Morgan fingerprint density at radius 1 is 0.403 bits per heavy atom. The first-order valence-corrected chi connectivity index (χ1v) is 30.7. The molecule has 2 unspecified atom stereocenters. The Kier molecular flexibility index (Phi) is 54.6. The summed E-state index contributed by atoms with van der Waals surface area (Å²) in [5, 5.41) is 11.8. The summed E-state index contributed by atoms with van der Waals surface area (Å²) in [5.41, 5.74) is 0. The van der Waals surface area contributed by atoms with E-state index in [1.807, 2.05) is 21.1 Å². The average Bonchev–Trinajstić information content (AvgIpc) is 3.40. The minimum Gasteiger partial charge on any atom is -0.545 e. The second-order valence-electron chi connectivity index (χ2n) is 21.3. The monoisotopic (exact) mass is 1070 g/mol. The van der Waals surface area contributed by atoms with E-state index >= 15 is 0 Å². The standard InChI is InChI=1S/C68H113NO8/c1-6-8-10-12-14-16-18-20-22-24-26-28-29-30-31-32-33-34-35-36-37-39-41-43-45-47-49-51-53-55-57-59-66(71)77-64(63-76-68(67(72)73)74-61-60-69(3,4)5)62-75-65(70)58-56-54-52-50-48-46-44-42-40-38-27-25-23-21-19-17-15-13-11-9-7-2/h8,10,14,16,19-22,25-28,30-31,33-34,36-37,41,43,64,68H,6-7,9,11-13,15,17-18,23-24,29,32,35,38-40,42,44-63H2,1-5H3/b10-8-,16-14-,21-19-,22-20-,27-25-,28-26-,31-30-,34-33-,37-36-,43-41-. The Hall–Kier alpha value is -4.31. The van der Waals surface area contributed by atoms with E-state index in [1.165, 1.54) is 70.6 Å². The van der Waals surface area contributed by atoms with Gasteiger partial charge in [0.1, 0.15) is 13.2 Å². The topological polar surface area (TPSA) is 111 Å². The van der Waals surface area contributed by atoms with Crippen molar-refractivity contribution in [3.05, 3.63) is 122 Å². The van der Waals surface area contributed by atoms with E-state index in [-0.39, 0.29) is 38.6 Å². The van der Waals surface area contributed by atoms with E-state index in [2.05, 4.69) is 135 Å². The first-order chi connectivity index (χ1) is 37.6. The van der Waals surface area contributed by atoms with E-state index in [0.717, 1.165) is 128 Å². The zero-order valence-corrected chi connectivity index (χ0v) is 49.8. The largest absolute Gasteiger partial charge is 0.545 e. The highest BCUT2D eigenvalue weighted by Gasteiger charge is 2.22. The molecule has 0 radical (unpaired) electrons. The average molecular weight is 1070 g/mol. The molecule has 77 heavy (non-hydrogen) atoms. The number of allylic oxidation sites excluding steroid dienone is 20. The Balaban J connectivity index is 4.30. The van der Waals surface area contributed by atoms with Crippen LogP contribution in [-0.2, 0) is 33.3 Å². The van der Waals surface area contributed by atoms with Gasteiger partial charge in [-0.1, -0.05) is 232 Å². The lowest BCUT2D eigenvalue weighted by atomic mass is 10.1. The number of quaternary nitrogens is 1. The number of likely N-dealkylation sites (N-methyl/N-ethyl adjacent to an activating group) is 1. The van der Waals surface area contributed by atoms with Gasteiger partial charge in [-0.25, -0.2) is 0 Å². The molecule has 0 aromatic heterocycles. The molecule has 0 heterocycles. The third-order valence-electron chi connectivity index (χ3n) is 12.7. The lowest BCUT2D eigenvalue weighted by Crippen LogP contribution is -2.44. The van der Waals surface area contributed by atoms with Crippen molar-refractivity contribution in [3.8, 4) is 0 Å². The van der Waals surface area contributed by atoms with Crippen LogP contribution in [0, 0.1) is 0 Å². The van der Waals surface area contributed by atoms with Crippen LogP contribution in [0.25, 0.3) is 0 Å². The summed E-state index contributed by atoms with van der Waals surface area (Å²) in [6, 6.07) is 0. The summed E-state index contributed by atoms with van der Waals surface area (Å²) in [6.45, 7) is 4.59. The van der Waals surface area contributed by atoms with Gasteiger partial charge in [0.05, 0.1) is 40.3 Å². The van der Waals surface area contributed by atoms with Gasteiger partial charge in [-0.3, -0.25) is 9.59 Å². The number of carboxylic acids is 1. The third-order valence-corrected chi connectivity index (χ3v) is 12.7. The van der Waals surface area contributed by atoms with Crippen LogP contribution in [0.4, 0.5) is 0 Å². The molecule has 0 saturated heterocycles. The minimum atomic E-state index is -1.63. The highest BCUT2D eigenvalue weighted by molar-refractivity contribution is 5.70. The SMILES string of the molecule is CC/C=C\C/C=C\C/C=C\C/C=C\C/C=C\C/C=C\C/C=C\C/C=C\CCCCCCCCC(=O)OC(COC(=O)CCCCCCCCCCC/C=C\C/C=C\CCCCCCC)COC(OCC[N+](C)(C)C)C(=O)[O-]. The molecule has 0 aliphatic heterocycles. The maximum atomic E-state index is 12.9. The third kappa shape index (κ3) is 59.2. The van der Waals surface area contributed by atoms with Crippen LogP contribution in [0.1, 0.15) is 232 Å². The number of carboxylic acid groups (broad SMARTS) is 1. The predicted octanol–water partition coefficient (Wildman–Crippen LogP) is 17.1. The molecule has 0 aliphatic carbocycles. The number of carbonyl (C=O) groups excluding carboxylic acids is 3. The van der Waals surface area contributed by atoms with Crippen molar-refractivity contribution in [1.29, 1.82) is 0 Å². The highest BCUT2D eigenvalue weighted by atomic mass is 16.7. The fraction of sp³-hybridized carbons (Fsp3) is 0.662. The summed E-state index contributed by atoms with van der Waals surface area (Å²) in [5.74, 6) is -2.32.